The Morgan fingerprint density at radius 1 is 1.44 bits per heavy atom. The zero-order valence-electron chi connectivity index (χ0n) is 9.20. The van der Waals surface area contributed by atoms with E-state index in [9.17, 15) is 4.79 Å². The van der Waals surface area contributed by atoms with Crippen LogP contribution >= 0.6 is 15.9 Å². The van der Waals surface area contributed by atoms with E-state index in [0.29, 0.717) is 0 Å². The van der Waals surface area contributed by atoms with Crippen LogP contribution in [-0.2, 0) is 19.8 Å². The molecule has 1 aromatic carbocycles. The molecule has 0 saturated heterocycles. The number of esters is 1. The molecule has 0 spiro atoms. The summed E-state index contributed by atoms with van der Waals surface area (Å²) in [5.74, 6) is 4.68. The average Bonchev–Trinajstić information content (AvgIpc) is 2.29. The summed E-state index contributed by atoms with van der Waals surface area (Å²) >= 11 is 3.33. The summed E-state index contributed by atoms with van der Waals surface area (Å²) in [6, 6.07) is 7.38. The molecule has 0 saturated carbocycles. The summed E-state index contributed by atoms with van der Waals surface area (Å²) < 4.78 is 5.71. The molecule has 16 heavy (non-hydrogen) atoms. The molecule has 1 atom stereocenters. The predicted molar refractivity (Wildman–Crippen MR) is 63.6 cm³/mol. The molecule has 0 aliphatic carbocycles. The number of hydrogen-bond acceptors (Lipinski definition) is 4. The molecule has 0 aliphatic heterocycles. The first-order chi connectivity index (χ1) is 7.54. The van der Waals surface area contributed by atoms with Crippen LogP contribution in [0.3, 0.4) is 0 Å². The summed E-state index contributed by atoms with van der Waals surface area (Å²) in [6.45, 7) is 1.80. The molecule has 1 aromatic rings. The topological polar surface area (TPSA) is 61.5 Å². The van der Waals surface area contributed by atoms with E-state index >= 15 is 0 Å². The largest absolute Gasteiger partial charge is 0.468 e. The van der Waals surface area contributed by atoms with Crippen molar-refractivity contribution < 1.29 is 14.4 Å². The lowest BCUT2D eigenvalue weighted by Gasteiger charge is -2.25. The third kappa shape index (κ3) is 2.61. The van der Waals surface area contributed by atoms with Crippen molar-refractivity contribution in [3.05, 3.63) is 34.3 Å². The molecular weight excluding hydrogens is 274 g/mol. The molecule has 5 heteroatoms. The number of methoxy groups -OCH3 is 1. The lowest BCUT2D eigenvalue weighted by Crippen LogP contribution is -2.39. The molecule has 0 bridgehead atoms. The summed E-state index contributed by atoms with van der Waals surface area (Å²) in [7, 11) is 1.34. The molecule has 88 valence electrons. The fourth-order valence-electron chi connectivity index (χ4n) is 1.47. The fraction of sp³-hybridized carbons (Fsp3) is 0.364. The second-order valence-electron chi connectivity index (χ2n) is 3.64. The van der Waals surface area contributed by atoms with Gasteiger partial charge in [-0.15, -0.1) is 0 Å². The van der Waals surface area contributed by atoms with E-state index in [4.69, 9.17) is 10.6 Å². The molecule has 1 unspecified atom stereocenters. The van der Waals surface area contributed by atoms with Crippen LogP contribution in [-0.4, -0.2) is 19.7 Å². The minimum absolute atomic E-state index is 0.0707. The number of halogens is 1. The van der Waals surface area contributed by atoms with Gasteiger partial charge in [0, 0.05) is 4.47 Å². The highest BCUT2D eigenvalue weighted by atomic mass is 79.9. The van der Waals surface area contributed by atoms with E-state index in [1.165, 1.54) is 7.11 Å². The van der Waals surface area contributed by atoms with Crippen molar-refractivity contribution in [2.45, 2.75) is 12.3 Å². The van der Waals surface area contributed by atoms with Crippen LogP contribution in [0.15, 0.2) is 28.7 Å². The molecule has 2 N–H and O–H groups in total. The van der Waals surface area contributed by atoms with Crippen molar-refractivity contribution in [3.8, 4) is 0 Å². The minimum atomic E-state index is -0.885. The number of hydrogen-bond donors (Lipinski definition) is 1. The number of ether oxygens (including phenoxy) is 1. The third-order valence-electron chi connectivity index (χ3n) is 2.49. The van der Waals surface area contributed by atoms with Crippen molar-refractivity contribution >= 4 is 21.9 Å². The highest BCUT2D eigenvalue weighted by molar-refractivity contribution is 9.10. The second-order valence-corrected chi connectivity index (χ2v) is 4.56. The number of benzene rings is 1. The van der Waals surface area contributed by atoms with Gasteiger partial charge in [0.1, 0.15) is 5.41 Å². The molecule has 1 rings (SSSR count). The SMILES string of the molecule is COC(=O)C(C)(CON)c1ccc(Br)cc1. The van der Waals surface area contributed by atoms with E-state index in [0.717, 1.165) is 10.0 Å². The Labute approximate surface area is 103 Å². The Morgan fingerprint density at radius 3 is 2.44 bits per heavy atom. The Morgan fingerprint density at radius 2 is 2.00 bits per heavy atom. The normalized spacial score (nSPS) is 14.2. The van der Waals surface area contributed by atoms with E-state index in [-0.39, 0.29) is 12.6 Å². The number of carbonyl (C=O) groups is 1. The van der Waals surface area contributed by atoms with Gasteiger partial charge < -0.3 is 9.57 Å². The lowest BCUT2D eigenvalue weighted by atomic mass is 9.83. The van der Waals surface area contributed by atoms with E-state index in [1.54, 1.807) is 6.92 Å². The van der Waals surface area contributed by atoms with Crippen molar-refractivity contribution in [3.63, 3.8) is 0 Å². The van der Waals surface area contributed by atoms with Gasteiger partial charge >= 0.3 is 5.97 Å². The summed E-state index contributed by atoms with van der Waals surface area (Å²) in [4.78, 5) is 16.3. The van der Waals surface area contributed by atoms with Crippen molar-refractivity contribution in [2.24, 2.45) is 5.90 Å². The predicted octanol–water partition coefficient (Wildman–Crippen LogP) is 1.77. The molecule has 0 aromatic heterocycles. The van der Waals surface area contributed by atoms with Gasteiger partial charge in [-0.1, -0.05) is 28.1 Å². The first kappa shape index (κ1) is 13.2. The quantitative estimate of drug-likeness (QED) is 0.677. The van der Waals surface area contributed by atoms with Crippen LogP contribution in [0.1, 0.15) is 12.5 Å². The van der Waals surface area contributed by atoms with Crippen molar-refractivity contribution in [1.29, 1.82) is 0 Å². The smallest absolute Gasteiger partial charge is 0.318 e. The first-order valence-electron chi connectivity index (χ1n) is 4.70. The van der Waals surface area contributed by atoms with Gasteiger partial charge in [-0.05, 0) is 24.6 Å². The number of rotatable bonds is 4. The first-order valence-corrected chi connectivity index (χ1v) is 5.50. The van der Waals surface area contributed by atoms with Crippen molar-refractivity contribution in [1.82, 2.24) is 0 Å². The van der Waals surface area contributed by atoms with Gasteiger partial charge in [0.2, 0.25) is 0 Å². The molecule has 4 nitrogen and oxygen atoms in total. The lowest BCUT2D eigenvalue weighted by molar-refractivity contribution is -0.149. The number of carbonyl (C=O) groups excluding carboxylic acids is 1. The van der Waals surface area contributed by atoms with Gasteiger partial charge in [-0.2, -0.15) is 0 Å². The minimum Gasteiger partial charge on any atom is -0.468 e. The summed E-state index contributed by atoms with van der Waals surface area (Å²) in [6.07, 6.45) is 0. The zero-order valence-corrected chi connectivity index (χ0v) is 10.8. The fourth-order valence-corrected chi connectivity index (χ4v) is 1.73. The van der Waals surface area contributed by atoms with Crippen LogP contribution in [0.25, 0.3) is 0 Å². The van der Waals surface area contributed by atoms with Crippen LogP contribution in [0.2, 0.25) is 0 Å². The highest BCUT2D eigenvalue weighted by Gasteiger charge is 2.36. The Hall–Kier alpha value is -0.910. The highest BCUT2D eigenvalue weighted by Crippen LogP contribution is 2.26. The maximum Gasteiger partial charge on any atom is 0.318 e. The summed E-state index contributed by atoms with van der Waals surface area (Å²) in [5.41, 5.74) is -0.0856. The van der Waals surface area contributed by atoms with Crippen molar-refractivity contribution in [2.75, 3.05) is 13.7 Å². The average molecular weight is 288 g/mol. The third-order valence-corrected chi connectivity index (χ3v) is 3.02. The molecule has 0 amide bonds. The Kier molecular flexibility index (Phi) is 4.46. The Bertz CT molecular complexity index is 366. The van der Waals surface area contributed by atoms with Gasteiger partial charge in [-0.3, -0.25) is 4.79 Å². The van der Waals surface area contributed by atoms with Gasteiger partial charge in [0.25, 0.3) is 0 Å². The standard InChI is InChI=1S/C11H14BrNO3/c1-11(7-16-13,10(14)15-2)8-3-5-9(12)6-4-8/h3-6H,7,13H2,1-2H3. The van der Waals surface area contributed by atoms with Crippen LogP contribution in [0.5, 0.6) is 0 Å². The summed E-state index contributed by atoms with van der Waals surface area (Å²) in [5, 5.41) is 0. The van der Waals surface area contributed by atoms with E-state index in [1.807, 2.05) is 24.3 Å². The van der Waals surface area contributed by atoms with Crippen LogP contribution < -0.4 is 5.90 Å². The zero-order chi connectivity index (χ0) is 12.2. The molecule has 0 heterocycles. The molecule has 0 fully saturated rings. The second kappa shape index (κ2) is 5.43. The maximum absolute atomic E-state index is 11.7. The van der Waals surface area contributed by atoms with Crippen LogP contribution in [0.4, 0.5) is 0 Å². The van der Waals surface area contributed by atoms with Gasteiger partial charge in [-0.25, -0.2) is 5.90 Å². The van der Waals surface area contributed by atoms with E-state index in [2.05, 4.69) is 20.8 Å². The molecular formula is C11H14BrNO3. The van der Waals surface area contributed by atoms with Gasteiger partial charge in [0.05, 0.1) is 13.7 Å². The number of nitrogens with two attached hydrogens (primary N) is 1. The van der Waals surface area contributed by atoms with E-state index < -0.39 is 5.41 Å². The Balaban J connectivity index is 3.10. The molecule has 0 aliphatic rings. The monoisotopic (exact) mass is 287 g/mol. The maximum atomic E-state index is 11.7. The van der Waals surface area contributed by atoms with Crippen LogP contribution in [0, 0.1) is 0 Å². The van der Waals surface area contributed by atoms with Gasteiger partial charge in [0.15, 0.2) is 0 Å². The molecule has 0 radical (unpaired) electrons.